The minimum atomic E-state index is -1.08. The monoisotopic (exact) mass is 208 g/mol. The molecule has 1 aromatic carbocycles. The first-order valence-electron chi connectivity index (χ1n) is 4.47. The third-order valence-corrected chi connectivity index (χ3v) is 2.30. The zero-order chi connectivity index (χ0) is 11.6. The third-order valence-electron chi connectivity index (χ3n) is 2.30. The predicted molar refractivity (Wildman–Crippen MR) is 54.2 cm³/mol. The molecule has 15 heavy (non-hydrogen) atoms. The summed E-state index contributed by atoms with van der Waals surface area (Å²) in [5, 5.41) is 17.7. The second kappa shape index (κ2) is 4.13. The Morgan fingerprint density at radius 2 is 1.67 bits per heavy atom. The molecule has 0 amide bonds. The lowest BCUT2D eigenvalue weighted by molar-refractivity contribution is -0.136. The highest BCUT2D eigenvalue weighted by Gasteiger charge is 2.17. The Morgan fingerprint density at radius 1 is 1.13 bits per heavy atom. The maximum Gasteiger partial charge on any atom is 0.336 e. The van der Waals surface area contributed by atoms with Gasteiger partial charge in [-0.05, 0) is 30.5 Å². The van der Waals surface area contributed by atoms with Crippen LogP contribution in [-0.4, -0.2) is 22.2 Å². The first-order valence-corrected chi connectivity index (χ1v) is 4.47. The summed E-state index contributed by atoms with van der Waals surface area (Å²) in [6, 6.07) is 3.42. The zero-order valence-corrected chi connectivity index (χ0v) is 8.57. The normalized spacial score (nSPS) is 10.0. The van der Waals surface area contributed by atoms with Gasteiger partial charge in [0.1, 0.15) is 0 Å². The zero-order valence-electron chi connectivity index (χ0n) is 8.57. The van der Waals surface area contributed by atoms with E-state index in [1.54, 1.807) is 26.0 Å². The molecule has 0 unspecified atom stereocenters. The van der Waals surface area contributed by atoms with Crippen LogP contribution in [0.5, 0.6) is 0 Å². The second-order valence-electron chi connectivity index (χ2n) is 3.43. The average Bonchev–Trinajstić information content (AvgIpc) is 2.10. The van der Waals surface area contributed by atoms with E-state index in [2.05, 4.69) is 0 Å². The SMILES string of the molecule is Cc1ccc(C)c(C(=O)O)c1CC(=O)O. The van der Waals surface area contributed by atoms with E-state index in [1.165, 1.54) is 0 Å². The van der Waals surface area contributed by atoms with Crippen LogP contribution in [0.2, 0.25) is 0 Å². The molecule has 0 aliphatic rings. The van der Waals surface area contributed by atoms with Gasteiger partial charge in [-0.1, -0.05) is 12.1 Å². The summed E-state index contributed by atoms with van der Waals surface area (Å²) in [5.41, 5.74) is 1.78. The molecule has 0 aliphatic carbocycles. The summed E-state index contributed by atoms with van der Waals surface area (Å²) in [5.74, 6) is -2.10. The maximum atomic E-state index is 11.0. The number of aryl methyl sites for hydroxylation is 2. The van der Waals surface area contributed by atoms with E-state index >= 15 is 0 Å². The first kappa shape index (κ1) is 11.2. The number of aromatic carboxylic acids is 1. The average molecular weight is 208 g/mol. The Kier molecular flexibility index (Phi) is 3.09. The molecule has 0 heterocycles. The van der Waals surface area contributed by atoms with Crippen molar-refractivity contribution in [2.45, 2.75) is 20.3 Å². The molecule has 0 saturated heterocycles. The molecule has 1 rings (SSSR count). The van der Waals surface area contributed by atoms with Gasteiger partial charge in [-0.3, -0.25) is 4.79 Å². The van der Waals surface area contributed by atoms with Crippen molar-refractivity contribution < 1.29 is 19.8 Å². The standard InChI is InChI=1S/C11H12O4/c1-6-3-4-7(2)10(11(14)15)8(6)5-9(12)13/h3-4H,5H2,1-2H3,(H,12,13)(H,14,15). The summed E-state index contributed by atoms with van der Waals surface area (Å²) < 4.78 is 0. The molecule has 0 saturated carbocycles. The molecule has 0 atom stereocenters. The molecule has 0 aromatic heterocycles. The van der Waals surface area contributed by atoms with Crippen LogP contribution in [0.3, 0.4) is 0 Å². The highest BCUT2D eigenvalue weighted by molar-refractivity contribution is 5.93. The van der Waals surface area contributed by atoms with Gasteiger partial charge < -0.3 is 10.2 Å². The predicted octanol–water partition coefficient (Wildman–Crippen LogP) is 1.63. The van der Waals surface area contributed by atoms with Gasteiger partial charge in [0.25, 0.3) is 0 Å². The fourth-order valence-corrected chi connectivity index (χ4v) is 1.55. The summed E-state index contributed by atoms with van der Waals surface area (Å²) in [6.07, 6.45) is -0.255. The lowest BCUT2D eigenvalue weighted by Crippen LogP contribution is -2.11. The number of hydrogen-bond acceptors (Lipinski definition) is 2. The highest BCUT2D eigenvalue weighted by Crippen LogP contribution is 2.19. The summed E-state index contributed by atoms with van der Waals surface area (Å²) in [7, 11) is 0. The van der Waals surface area contributed by atoms with Crippen LogP contribution in [0.15, 0.2) is 12.1 Å². The van der Waals surface area contributed by atoms with E-state index in [4.69, 9.17) is 10.2 Å². The lowest BCUT2D eigenvalue weighted by Gasteiger charge is -2.10. The number of carbonyl (C=O) groups is 2. The number of hydrogen-bond donors (Lipinski definition) is 2. The van der Waals surface area contributed by atoms with E-state index in [0.717, 1.165) is 0 Å². The van der Waals surface area contributed by atoms with Gasteiger partial charge in [0.05, 0.1) is 12.0 Å². The van der Waals surface area contributed by atoms with E-state index in [1.807, 2.05) is 0 Å². The van der Waals surface area contributed by atoms with Crippen molar-refractivity contribution in [3.63, 3.8) is 0 Å². The number of rotatable bonds is 3. The molecule has 0 spiro atoms. The van der Waals surface area contributed by atoms with Gasteiger partial charge in [-0.15, -0.1) is 0 Å². The molecular formula is C11H12O4. The third kappa shape index (κ3) is 2.34. The minimum Gasteiger partial charge on any atom is -0.481 e. The van der Waals surface area contributed by atoms with Crippen molar-refractivity contribution >= 4 is 11.9 Å². The molecule has 0 radical (unpaired) electrons. The number of carboxylic acids is 2. The molecule has 0 aliphatic heterocycles. The van der Waals surface area contributed by atoms with E-state index in [9.17, 15) is 9.59 Å². The summed E-state index contributed by atoms with van der Waals surface area (Å²) >= 11 is 0. The molecule has 2 N–H and O–H groups in total. The van der Waals surface area contributed by atoms with Crippen LogP contribution < -0.4 is 0 Å². The minimum absolute atomic E-state index is 0.109. The summed E-state index contributed by atoms with van der Waals surface area (Å²) in [6.45, 7) is 3.37. The van der Waals surface area contributed by atoms with Gasteiger partial charge in [0, 0.05) is 0 Å². The van der Waals surface area contributed by atoms with Gasteiger partial charge in [0.2, 0.25) is 0 Å². The fourth-order valence-electron chi connectivity index (χ4n) is 1.55. The van der Waals surface area contributed by atoms with Crippen LogP contribution in [0.1, 0.15) is 27.0 Å². The van der Waals surface area contributed by atoms with Crippen molar-refractivity contribution in [1.82, 2.24) is 0 Å². The van der Waals surface area contributed by atoms with Gasteiger partial charge >= 0.3 is 11.9 Å². The van der Waals surface area contributed by atoms with Crippen LogP contribution in [0.4, 0.5) is 0 Å². The van der Waals surface area contributed by atoms with Gasteiger partial charge in [0.15, 0.2) is 0 Å². The first-order chi connectivity index (χ1) is 6.93. The van der Waals surface area contributed by atoms with Gasteiger partial charge in [-0.25, -0.2) is 4.79 Å². The Hall–Kier alpha value is -1.84. The van der Waals surface area contributed by atoms with Crippen LogP contribution in [0, 0.1) is 13.8 Å². The van der Waals surface area contributed by atoms with Crippen LogP contribution in [0.25, 0.3) is 0 Å². The summed E-state index contributed by atoms with van der Waals surface area (Å²) in [4.78, 5) is 21.6. The van der Waals surface area contributed by atoms with Crippen LogP contribution in [-0.2, 0) is 11.2 Å². The smallest absolute Gasteiger partial charge is 0.336 e. The number of aliphatic carboxylic acids is 1. The fraction of sp³-hybridized carbons (Fsp3) is 0.273. The Labute approximate surface area is 87.2 Å². The molecule has 80 valence electrons. The molecule has 4 heteroatoms. The highest BCUT2D eigenvalue weighted by atomic mass is 16.4. The molecular weight excluding hydrogens is 196 g/mol. The molecule has 0 fully saturated rings. The van der Waals surface area contributed by atoms with Crippen molar-refractivity contribution in [2.24, 2.45) is 0 Å². The lowest BCUT2D eigenvalue weighted by atomic mass is 9.95. The Balaban J connectivity index is 3.38. The number of benzene rings is 1. The van der Waals surface area contributed by atoms with Gasteiger partial charge in [-0.2, -0.15) is 0 Å². The van der Waals surface area contributed by atoms with Crippen molar-refractivity contribution in [1.29, 1.82) is 0 Å². The van der Waals surface area contributed by atoms with E-state index in [-0.39, 0.29) is 12.0 Å². The topological polar surface area (TPSA) is 74.6 Å². The molecule has 4 nitrogen and oxygen atoms in total. The maximum absolute atomic E-state index is 11.0. The Bertz CT molecular complexity index is 421. The largest absolute Gasteiger partial charge is 0.481 e. The van der Waals surface area contributed by atoms with Crippen LogP contribution >= 0.6 is 0 Å². The van der Waals surface area contributed by atoms with E-state index < -0.39 is 11.9 Å². The molecule has 1 aromatic rings. The van der Waals surface area contributed by atoms with Crippen molar-refractivity contribution in [3.05, 3.63) is 34.4 Å². The van der Waals surface area contributed by atoms with Crippen molar-refractivity contribution in [2.75, 3.05) is 0 Å². The second-order valence-corrected chi connectivity index (χ2v) is 3.43. The quantitative estimate of drug-likeness (QED) is 0.791. The molecule has 0 bridgehead atoms. The van der Waals surface area contributed by atoms with Crippen molar-refractivity contribution in [3.8, 4) is 0 Å². The number of carboxylic acid groups (broad SMARTS) is 2. The van der Waals surface area contributed by atoms with E-state index in [0.29, 0.717) is 16.7 Å². The Morgan fingerprint density at radius 3 is 2.13 bits per heavy atom.